The van der Waals surface area contributed by atoms with E-state index in [0.29, 0.717) is 17.8 Å². The molecule has 6 heteroatoms. The van der Waals surface area contributed by atoms with Crippen LogP contribution in [-0.2, 0) is 11.3 Å². The van der Waals surface area contributed by atoms with Gasteiger partial charge in [0.25, 0.3) is 5.91 Å². The van der Waals surface area contributed by atoms with E-state index < -0.39 is 0 Å². The van der Waals surface area contributed by atoms with Gasteiger partial charge in [0.2, 0.25) is 5.91 Å². The number of hydrogen-bond donors (Lipinski definition) is 3. The third-order valence-corrected chi connectivity index (χ3v) is 4.27. The Bertz CT molecular complexity index is 939. The van der Waals surface area contributed by atoms with Crippen molar-refractivity contribution >= 4 is 23.2 Å². The van der Waals surface area contributed by atoms with Gasteiger partial charge >= 0.3 is 0 Å². The SMILES string of the molecule is COc1ccc(NCC(=O)Nc2ccc(C(=O)NCc3ccccc3)cc2)cc1. The third-order valence-electron chi connectivity index (χ3n) is 4.27. The molecule has 0 atom stereocenters. The first kappa shape index (κ1) is 19.9. The number of carbonyl (C=O) groups excluding carboxylic acids is 2. The van der Waals surface area contributed by atoms with Crippen molar-refractivity contribution in [1.29, 1.82) is 0 Å². The molecule has 3 aromatic rings. The lowest BCUT2D eigenvalue weighted by molar-refractivity contribution is -0.114. The number of ether oxygens (including phenoxy) is 1. The van der Waals surface area contributed by atoms with Gasteiger partial charge in [-0.15, -0.1) is 0 Å². The molecule has 0 radical (unpaired) electrons. The molecule has 0 unspecified atom stereocenters. The highest BCUT2D eigenvalue weighted by Crippen LogP contribution is 2.15. The van der Waals surface area contributed by atoms with Gasteiger partial charge in [-0.05, 0) is 54.1 Å². The molecule has 148 valence electrons. The highest BCUT2D eigenvalue weighted by molar-refractivity contribution is 5.96. The normalized spacial score (nSPS) is 10.1. The molecule has 0 aliphatic rings. The van der Waals surface area contributed by atoms with E-state index in [-0.39, 0.29) is 18.4 Å². The van der Waals surface area contributed by atoms with E-state index in [4.69, 9.17) is 4.74 Å². The van der Waals surface area contributed by atoms with E-state index in [1.807, 2.05) is 54.6 Å². The molecule has 6 nitrogen and oxygen atoms in total. The maximum atomic E-state index is 12.2. The van der Waals surface area contributed by atoms with E-state index in [1.54, 1.807) is 31.4 Å². The average Bonchev–Trinajstić information content (AvgIpc) is 2.77. The fourth-order valence-electron chi connectivity index (χ4n) is 2.68. The second kappa shape index (κ2) is 9.94. The first-order chi connectivity index (χ1) is 14.1. The van der Waals surface area contributed by atoms with Crippen molar-refractivity contribution in [2.75, 3.05) is 24.3 Å². The van der Waals surface area contributed by atoms with Gasteiger partial charge in [0.05, 0.1) is 13.7 Å². The number of carbonyl (C=O) groups is 2. The largest absolute Gasteiger partial charge is 0.497 e. The Balaban J connectivity index is 1.46. The van der Waals surface area contributed by atoms with E-state index in [1.165, 1.54) is 0 Å². The quantitative estimate of drug-likeness (QED) is 0.549. The molecule has 0 heterocycles. The average molecular weight is 389 g/mol. The molecule has 3 aromatic carbocycles. The first-order valence-corrected chi connectivity index (χ1v) is 9.24. The lowest BCUT2D eigenvalue weighted by atomic mass is 10.1. The van der Waals surface area contributed by atoms with E-state index in [2.05, 4.69) is 16.0 Å². The van der Waals surface area contributed by atoms with Gasteiger partial charge < -0.3 is 20.7 Å². The molecule has 0 spiro atoms. The Labute approximate surface area is 169 Å². The summed E-state index contributed by atoms with van der Waals surface area (Å²) >= 11 is 0. The summed E-state index contributed by atoms with van der Waals surface area (Å²) in [4.78, 5) is 24.3. The van der Waals surface area contributed by atoms with Crippen LogP contribution in [0.2, 0.25) is 0 Å². The van der Waals surface area contributed by atoms with Crippen LogP contribution < -0.4 is 20.7 Å². The number of nitrogens with one attached hydrogen (secondary N) is 3. The van der Waals surface area contributed by atoms with Crippen molar-refractivity contribution in [2.45, 2.75) is 6.54 Å². The summed E-state index contributed by atoms with van der Waals surface area (Å²) < 4.78 is 5.10. The molecular formula is C23H23N3O3. The first-order valence-electron chi connectivity index (χ1n) is 9.24. The molecule has 29 heavy (non-hydrogen) atoms. The standard InChI is InChI=1S/C23H23N3O3/c1-29-21-13-11-19(12-14-21)24-16-22(27)26-20-9-7-18(8-10-20)23(28)25-15-17-5-3-2-4-6-17/h2-14,24H,15-16H2,1H3,(H,25,28)(H,26,27). The molecule has 0 bridgehead atoms. The van der Waals surface area contributed by atoms with Crippen molar-refractivity contribution in [3.05, 3.63) is 90.0 Å². The number of anilines is 2. The number of amides is 2. The minimum Gasteiger partial charge on any atom is -0.497 e. The number of hydrogen-bond acceptors (Lipinski definition) is 4. The zero-order chi connectivity index (χ0) is 20.5. The molecule has 0 saturated carbocycles. The van der Waals surface area contributed by atoms with E-state index >= 15 is 0 Å². The summed E-state index contributed by atoms with van der Waals surface area (Å²) in [5.74, 6) is 0.419. The minimum absolute atomic E-state index is 0.131. The lowest BCUT2D eigenvalue weighted by Crippen LogP contribution is -2.23. The van der Waals surface area contributed by atoms with Crippen molar-refractivity contribution < 1.29 is 14.3 Å². The molecule has 0 saturated heterocycles. The van der Waals surface area contributed by atoms with Gasteiger partial charge in [-0.25, -0.2) is 0 Å². The summed E-state index contributed by atoms with van der Waals surface area (Å²) in [7, 11) is 1.61. The third kappa shape index (κ3) is 6.10. The summed E-state index contributed by atoms with van der Waals surface area (Å²) in [5.41, 5.74) is 3.03. The van der Waals surface area contributed by atoms with Crippen LogP contribution in [-0.4, -0.2) is 25.5 Å². The van der Waals surface area contributed by atoms with Crippen molar-refractivity contribution in [1.82, 2.24) is 5.32 Å². The second-order valence-corrected chi connectivity index (χ2v) is 6.38. The monoisotopic (exact) mass is 389 g/mol. The van der Waals surface area contributed by atoms with Crippen LogP contribution in [0.15, 0.2) is 78.9 Å². The summed E-state index contributed by atoms with van der Waals surface area (Å²) in [6.07, 6.45) is 0. The Morgan fingerprint density at radius 3 is 2.14 bits per heavy atom. The Kier molecular flexibility index (Phi) is 6.84. The minimum atomic E-state index is -0.179. The number of benzene rings is 3. The highest BCUT2D eigenvalue weighted by Gasteiger charge is 2.07. The van der Waals surface area contributed by atoms with Crippen molar-refractivity contribution in [3.63, 3.8) is 0 Å². The lowest BCUT2D eigenvalue weighted by Gasteiger charge is -2.09. The van der Waals surface area contributed by atoms with Gasteiger partial charge in [-0.1, -0.05) is 30.3 Å². The highest BCUT2D eigenvalue weighted by atomic mass is 16.5. The fourth-order valence-corrected chi connectivity index (χ4v) is 2.68. The maximum Gasteiger partial charge on any atom is 0.251 e. The van der Waals surface area contributed by atoms with Crippen molar-refractivity contribution in [3.8, 4) is 5.75 Å². The predicted octanol–water partition coefficient (Wildman–Crippen LogP) is 3.68. The number of rotatable bonds is 8. The second-order valence-electron chi connectivity index (χ2n) is 6.38. The molecule has 0 aromatic heterocycles. The molecule has 2 amide bonds. The van der Waals surface area contributed by atoms with Gasteiger partial charge in [0.15, 0.2) is 0 Å². The van der Waals surface area contributed by atoms with Crippen LogP contribution in [0.5, 0.6) is 5.75 Å². The van der Waals surface area contributed by atoms with E-state index in [0.717, 1.165) is 17.0 Å². The van der Waals surface area contributed by atoms with Crippen LogP contribution in [0.1, 0.15) is 15.9 Å². The predicted molar refractivity (Wildman–Crippen MR) is 114 cm³/mol. The van der Waals surface area contributed by atoms with Gasteiger partial charge in [0, 0.05) is 23.5 Å². The molecule has 0 fully saturated rings. The summed E-state index contributed by atoms with van der Waals surface area (Å²) in [5, 5.41) is 8.72. The smallest absolute Gasteiger partial charge is 0.251 e. The Morgan fingerprint density at radius 2 is 1.48 bits per heavy atom. The Hall–Kier alpha value is -3.80. The molecule has 3 N–H and O–H groups in total. The topological polar surface area (TPSA) is 79.5 Å². The zero-order valence-electron chi connectivity index (χ0n) is 16.1. The molecular weight excluding hydrogens is 366 g/mol. The Morgan fingerprint density at radius 1 is 0.828 bits per heavy atom. The molecule has 0 aliphatic heterocycles. The van der Waals surface area contributed by atoms with Crippen LogP contribution in [0.4, 0.5) is 11.4 Å². The fraction of sp³-hybridized carbons (Fsp3) is 0.130. The van der Waals surface area contributed by atoms with Crippen LogP contribution in [0.3, 0.4) is 0 Å². The van der Waals surface area contributed by atoms with Crippen LogP contribution in [0, 0.1) is 0 Å². The van der Waals surface area contributed by atoms with Crippen LogP contribution in [0.25, 0.3) is 0 Å². The van der Waals surface area contributed by atoms with E-state index in [9.17, 15) is 9.59 Å². The van der Waals surface area contributed by atoms with Gasteiger partial charge in [-0.2, -0.15) is 0 Å². The summed E-state index contributed by atoms with van der Waals surface area (Å²) in [6, 6.07) is 23.8. The summed E-state index contributed by atoms with van der Waals surface area (Å²) in [6.45, 7) is 0.598. The zero-order valence-corrected chi connectivity index (χ0v) is 16.1. The number of methoxy groups -OCH3 is 1. The van der Waals surface area contributed by atoms with Crippen molar-refractivity contribution in [2.24, 2.45) is 0 Å². The molecule has 3 rings (SSSR count). The van der Waals surface area contributed by atoms with Crippen LogP contribution >= 0.6 is 0 Å². The maximum absolute atomic E-state index is 12.2. The molecule has 0 aliphatic carbocycles. The van der Waals surface area contributed by atoms with Gasteiger partial charge in [0.1, 0.15) is 5.75 Å². The van der Waals surface area contributed by atoms with Gasteiger partial charge in [-0.3, -0.25) is 9.59 Å².